The Balaban J connectivity index is 1.67. The lowest BCUT2D eigenvalue weighted by Crippen LogP contribution is -2.25. The van der Waals surface area contributed by atoms with Gasteiger partial charge < -0.3 is 9.26 Å². The predicted octanol–water partition coefficient (Wildman–Crippen LogP) is 6.01. The molecular weight excluding hydrogens is 378 g/mol. The summed E-state index contributed by atoms with van der Waals surface area (Å²) >= 11 is 0. The van der Waals surface area contributed by atoms with Gasteiger partial charge in [-0.1, -0.05) is 50.1 Å². The van der Waals surface area contributed by atoms with E-state index in [-0.39, 0.29) is 18.3 Å². The maximum absolute atomic E-state index is 12.5. The normalized spacial score (nSPS) is 16.4. The third-order valence-corrected chi connectivity index (χ3v) is 5.68. The number of aromatic nitrogens is 3. The van der Waals surface area contributed by atoms with Gasteiger partial charge in [-0.15, -0.1) is 0 Å². The number of ether oxygens (including phenoxy) is 1. The van der Waals surface area contributed by atoms with E-state index in [2.05, 4.69) is 15.1 Å². The molecule has 2 aromatic rings. The van der Waals surface area contributed by atoms with Gasteiger partial charge in [0.25, 0.3) is 0 Å². The molecule has 164 valence electrons. The Bertz CT molecular complexity index is 802. The molecule has 1 atom stereocenters. The van der Waals surface area contributed by atoms with Gasteiger partial charge in [-0.05, 0) is 52.2 Å². The van der Waals surface area contributed by atoms with Crippen molar-refractivity contribution in [2.75, 3.05) is 0 Å². The fourth-order valence-corrected chi connectivity index (χ4v) is 4.14. The number of nitrogens with zero attached hydrogens (tertiary/aromatic N) is 3. The lowest BCUT2D eigenvalue weighted by molar-refractivity contribution is -0.155. The van der Waals surface area contributed by atoms with Crippen LogP contribution >= 0.6 is 0 Å². The van der Waals surface area contributed by atoms with Crippen molar-refractivity contribution in [1.82, 2.24) is 15.1 Å². The summed E-state index contributed by atoms with van der Waals surface area (Å²) in [4.78, 5) is 21.4. The molecular formula is C24H35N3O3. The highest BCUT2D eigenvalue weighted by Gasteiger charge is 2.26. The average Bonchev–Trinajstić information content (AvgIpc) is 3.17. The van der Waals surface area contributed by atoms with Gasteiger partial charge in [0.15, 0.2) is 0 Å². The monoisotopic (exact) mass is 413 g/mol. The Morgan fingerprint density at radius 2 is 2.00 bits per heavy atom. The van der Waals surface area contributed by atoms with Crippen LogP contribution in [0.4, 0.5) is 0 Å². The molecule has 0 radical (unpaired) electrons. The van der Waals surface area contributed by atoms with Crippen LogP contribution in [-0.2, 0) is 9.53 Å². The Morgan fingerprint density at radius 1 is 1.23 bits per heavy atom. The highest BCUT2D eigenvalue weighted by molar-refractivity contribution is 5.70. The van der Waals surface area contributed by atoms with E-state index in [0.717, 1.165) is 30.0 Å². The molecule has 3 rings (SSSR count). The molecule has 2 heterocycles. The van der Waals surface area contributed by atoms with Crippen molar-refractivity contribution in [3.8, 4) is 11.4 Å². The Labute approximate surface area is 179 Å². The Morgan fingerprint density at radius 3 is 2.67 bits per heavy atom. The summed E-state index contributed by atoms with van der Waals surface area (Å²) in [6, 6.07) is 3.86. The zero-order chi connectivity index (χ0) is 21.6. The molecule has 0 aromatic carbocycles. The van der Waals surface area contributed by atoms with Crippen molar-refractivity contribution >= 4 is 5.97 Å². The first kappa shape index (κ1) is 22.4. The van der Waals surface area contributed by atoms with Crippen LogP contribution in [-0.4, -0.2) is 26.7 Å². The van der Waals surface area contributed by atoms with E-state index in [1.54, 1.807) is 6.20 Å². The summed E-state index contributed by atoms with van der Waals surface area (Å²) in [6.07, 6.45) is 11.9. The minimum Gasteiger partial charge on any atom is -0.460 e. The van der Waals surface area contributed by atoms with Gasteiger partial charge >= 0.3 is 5.97 Å². The molecule has 1 aliphatic carbocycles. The standard InChI is InChI=1S/C24H35N3O3/c1-17-13-14-20(16-25-17)22-26-23(30-27-22)19(15-21(28)29-24(2,3)4)12-8-11-18-9-6-5-7-10-18/h13-14,16,18-19H,5-12,15H2,1-4H3/t19-/m1/s1. The van der Waals surface area contributed by atoms with Crippen LogP contribution in [0.5, 0.6) is 0 Å². The molecule has 0 spiro atoms. The van der Waals surface area contributed by atoms with Crippen molar-refractivity contribution in [3.63, 3.8) is 0 Å². The smallest absolute Gasteiger partial charge is 0.307 e. The third-order valence-electron chi connectivity index (χ3n) is 5.68. The molecule has 1 aliphatic rings. The van der Waals surface area contributed by atoms with E-state index in [0.29, 0.717) is 11.7 Å². The lowest BCUT2D eigenvalue weighted by atomic mass is 9.84. The average molecular weight is 414 g/mol. The van der Waals surface area contributed by atoms with Gasteiger partial charge in [0.05, 0.1) is 6.42 Å². The quantitative estimate of drug-likeness (QED) is 0.493. The third kappa shape index (κ3) is 6.92. The first-order valence-corrected chi connectivity index (χ1v) is 11.3. The van der Waals surface area contributed by atoms with Gasteiger partial charge in [0.2, 0.25) is 11.7 Å². The van der Waals surface area contributed by atoms with Gasteiger partial charge in [-0.25, -0.2) is 0 Å². The second kappa shape index (κ2) is 10.2. The number of hydrogen-bond donors (Lipinski definition) is 0. The van der Waals surface area contributed by atoms with Crippen LogP contribution in [0.15, 0.2) is 22.9 Å². The lowest BCUT2D eigenvalue weighted by Gasteiger charge is -2.23. The zero-order valence-electron chi connectivity index (χ0n) is 18.8. The second-order valence-electron chi connectivity index (χ2n) is 9.57. The highest BCUT2D eigenvalue weighted by atomic mass is 16.6. The van der Waals surface area contributed by atoms with E-state index in [1.807, 2.05) is 39.8 Å². The van der Waals surface area contributed by atoms with E-state index >= 15 is 0 Å². The molecule has 2 aromatic heterocycles. The fourth-order valence-electron chi connectivity index (χ4n) is 4.14. The van der Waals surface area contributed by atoms with E-state index in [9.17, 15) is 4.79 Å². The largest absolute Gasteiger partial charge is 0.460 e. The summed E-state index contributed by atoms with van der Waals surface area (Å²) in [5.74, 6) is 1.50. The van der Waals surface area contributed by atoms with Crippen LogP contribution in [0, 0.1) is 12.8 Å². The van der Waals surface area contributed by atoms with E-state index in [4.69, 9.17) is 9.26 Å². The van der Waals surface area contributed by atoms with Crippen LogP contribution in [0.2, 0.25) is 0 Å². The van der Waals surface area contributed by atoms with Crippen molar-refractivity contribution < 1.29 is 14.1 Å². The summed E-state index contributed by atoms with van der Waals surface area (Å²) in [5, 5.41) is 4.14. The van der Waals surface area contributed by atoms with Gasteiger partial charge in [0.1, 0.15) is 5.60 Å². The number of carbonyl (C=O) groups excluding carboxylic acids is 1. The summed E-state index contributed by atoms with van der Waals surface area (Å²) in [6.45, 7) is 7.60. The van der Waals surface area contributed by atoms with Crippen molar-refractivity contribution in [3.05, 3.63) is 29.9 Å². The molecule has 0 aliphatic heterocycles. The maximum Gasteiger partial charge on any atom is 0.307 e. The first-order valence-electron chi connectivity index (χ1n) is 11.3. The SMILES string of the molecule is Cc1ccc(-c2noc([C@H](CCCC3CCCCC3)CC(=O)OC(C)(C)C)n2)cn1. The number of esters is 1. The summed E-state index contributed by atoms with van der Waals surface area (Å²) in [7, 11) is 0. The maximum atomic E-state index is 12.5. The molecule has 1 fully saturated rings. The number of carbonyl (C=O) groups is 1. The molecule has 6 nitrogen and oxygen atoms in total. The number of pyridine rings is 1. The van der Waals surface area contributed by atoms with Crippen LogP contribution in [0.1, 0.15) is 96.1 Å². The van der Waals surface area contributed by atoms with E-state index < -0.39 is 5.60 Å². The molecule has 0 saturated heterocycles. The Hall–Kier alpha value is -2.24. The van der Waals surface area contributed by atoms with Crippen LogP contribution in [0.25, 0.3) is 11.4 Å². The minimum absolute atomic E-state index is 0.122. The number of hydrogen-bond acceptors (Lipinski definition) is 6. The Kier molecular flexibility index (Phi) is 7.62. The minimum atomic E-state index is -0.503. The summed E-state index contributed by atoms with van der Waals surface area (Å²) in [5.41, 5.74) is 1.25. The van der Waals surface area contributed by atoms with Crippen molar-refractivity contribution in [2.45, 2.75) is 97.0 Å². The molecule has 0 unspecified atom stereocenters. The molecule has 0 N–H and O–H groups in total. The van der Waals surface area contributed by atoms with Gasteiger partial charge in [-0.3, -0.25) is 9.78 Å². The molecule has 1 saturated carbocycles. The predicted molar refractivity (Wildman–Crippen MR) is 116 cm³/mol. The highest BCUT2D eigenvalue weighted by Crippen LogP contribution is 2.32. The van der Waals surface area contributed by atoms with Crippen molar-refractivity contribution in [1.29, 1.82) is 0 Å². The number of rotatable bonds is 8. The summed E-state index contributed by atoms with van der Waals surface area (Å²) < 4.78 is 11.1. The van der Waals surface area contributed by atoms with Crippen molar-refractivity contribution in [2.24, 2.45) is 5.92 Å². The molecule has 0 amide bonds. The first-order chi connectivity index (χ1) is 14.3. The van der Waals surface area contributed by atoms with Crippen LogP contribution in [0.3, 0.4) is 0 Å². The molecule has 30 heavy (non-hydrogen) atoms. The fraction of sp³-hybridized carbons (Fsp3) is 0.667. The van der Waals surface area contributed by atoms with Gasteiger partial charge in [0, 0.05) is 23.4 Å². The van der Waals surface area contributed by atoms with E-state index in [1.165, 1.54) is 38.5 Å². The topological polar surface area (TPSA) is 78.1 Å². The second-order valence-corrected chi connectivity index (χ2v) is 9.57. The van der Waals surface area contributed by atoms with Gasteiger partial charge in [-0.2, -0.15) is 4.98 Å². The van der Waals surface area contributed by atoms with Crippen LogP contribution < -0.4 is 0 Å². The number of aryl methyl sites for hydroxylation is 1. The zero-order valence-corrected chi connectivity index (χ0v) is 18.8. The molecule has 0 bridgehead atoms. The molecule has 6 heteroatoms.